The summed E-state index contributed by atoms with van der Waals surface area (Å²) in [6.07, 6.45) is 6.00. The van der Waals surface area contributed by atoms with Gasteiger partial charge in [0.15, 0.2) is 0 Å². The molecule has 2 atom stereocenters. The van der Waals surface area contributed by atoms with Crippen LogP contribution >= 0.6 is 0 Å². The van der Waals surface area contributed by atoms with Crippen LogP contribution in [0.1, 0.15) is 45.2 Å². The first-order valence-electron chi connectivity index (χ1n) is 6.57. The van der Waals surface area contributed by atoms with E-state index < -0.39 is 0 Å². The summed E-state index contributed by atoms with van der Waals surface area (Å²) >= 11 is 0. The Morgan fingerprint density at radius 1 is 1.47 bits per heavy atom. The van der Waals surface area contributed by atoms with Gasteiger partial charge in [-0.3, -0.25) is 4.68 Å². The van der Waals surface area contributed by atoms with Crippen molar-refractivity contribution in [3.05, 3.63) is 18.0 Å². The second kappa shape index (κ2) is 7.45. The van der Waals surface area contributed by atoms with Gasteiger partial charge in [0.25, 0.3) is 0 Å². The number of rotatable bonds is 8. The van der Waals surface area contributed by atoms with Gasteiger partial charge in [-0.05, 0) is 32.7 Å². The van der Waals surface area contributed by atoms with Crippen molar-refractivity contribution >= 4 is 0 Å². The molecule has 4 nitrogen and oxygen atoms in total. The number of aryl methyl sites for hydroxylation is 1. The van der Waals surface area contributed by atoms with Crippen molar-refractivity contribution in [3.63, 3.8) is 0 Å². The van der Waals surface area contributed by atoms with Crippen LogP contribution in [0.15, 0.2) is 12.4 Å². The molecule has 17 heavy (non-hydrogen) atoms. The first-order valence-corrected chi connectivity index (χ1v) is 6.57. The third-order valence-corrected chi connectivity index (χ3v) is 3.30. The van der Waals surface area contributed by atoms with E-state index in [-0.39, 0.29) is 6.61 Å². The van der Waals surface area contributed by atoms with Gasteiger partial charge in [-0.15, -0.1) is 0 Å². The summed E-state index contributed by atoms with van der Waals surface area (Å²) in [5, 5.41) is 16.7. The maximum atomic E-state index is 8.94. The standard InChI is InChI=1S/C13H25N3O/c1-4-12(6-7-17)8-14-11(3)13-9-15-16(5-2)10-13/h9-12,14,17H,4-8H2,1-3H3. The molecule has 0 fully saturated rings. The van der Waals surface area contributed by atoms with Crippen molar-refractivity contribution in [1.82, 2.24) is 15.1 Å². The molecular formula is C13H25N3O. The molecule has 0 amide bonds. The van der Waals surface area contributed by atoms with Crippen LogP contribution in [0.25, 0.3) is 0 Å². The minimum Gasteiger partial charge on any atom is -0.396 e. The lowest BCUT2D eigenvalue weighted by Gasteiger charge is -2.18. The minimum atomic E-state index is 0.280. The SMILES string of the molecule is CCC(CCO)CNC(C)c1cnn(CC)c1. The lowest BCUT2D eigenvalue weighted by atomic mass is 10.0. The summed E-state index contributed by atoms with van der Waals surface area (Å²) < 4.78 is 1.94. The summed E-state index contributed by atoms with van der Waals surface area (Å²) in [6.45, 7) is 8.56. The predicted octanol–water partition coefficient (Wildman–Crippen LogP) is 1.96. The fourth-order valence-electron chi connectivity index (χ4n) is 1.87. The van der Waals surface area contributed by atoms with E-state index in [1.807, 2.05) is 10.9 Å². The van der Waals surface area contributed by atoms with E-state index in [0.717, 1.165) is 25.9 Å². The second-order valence-electron chi connectivity index (χ2n) is 4.55. The molecule has 1 rings (SSSR count). The molecule has 4 heteroatoms. The first-order chi connectivity index (χ1) is 8.21. The smallest absolute Gasteiger partial charge is 0.0537 e. The van der Waals surface area contributed by atoms with Crippen LogP contribution in [0.4, 0.5) is 0 Å². The number of hydrogen-bond acceptors (Lipinski definition) is 3. The Morgan fingerprint density at radius 2 is 2.24 bits per heavy atom. The molecule has 2 N–H and O–H groups in total. The van der Waals surface area contributed by atoms with E-state index in [4.69, 9.17) is 5.11 Å². The predicted molar refractivity (Wildman–Crippen MR) is 69.8 cm³/mol. The Hall–Kier alpha value is -0.870. The van der Waals surface area contributed by atoms with Gasteiger partial charge in [0.1, 0.15) is 0 Å². The average molecular weight is 239 g/mol. The van der Waals surface area contributed by atoms with E-state index in [0.29, 0.717) is 12.0 Å². The van der Waals surface area contributed by atoms with Gasteiger partial charge in [-0.1, -0.05) is 13.3 Å². The third-order valence-electron chi connectivity index (χ3n) is 3.30. The number of hydrogen-bond donors (Lipinski definition) is 2. The van der Waals surface area contributed by atoms with Crippen molar-refractivity contribution in [1.29, 1.82) is 0 Å². The minimum absolute atomic E-state index is 0.280. The van der Waals surface area contributed by atoms with E-state index in [9.17, 15) is 0 Å². The van der Waals surface area contributed by atoms with Gasteiger partial charge in [-0.25, -0.2) is 0 Å². The zero-order chi connectivity index (χ0) is 12.7. The Kier molecular flexibility index (Phi) is 6.22. The summed E-state index contributed by atoms with van der Waals surface area (Å²) in [4.78, 5) is 0. The van der Waals surface area contributed by atoms with Crippen molar-refractivity contribution in [2.75, 3.05) is 13.2 Å². The molecule has 0 aromatic carbocycles. The molecule has 0 aliphatic rings. The van der Waals surface area contributed by atoms with Crippen molar-refractivity contribution in [2.45, 2.75) is 46.2 Å². The maximum absolute atomic E-state index is 8.94. The topological polar surface area (TPSA) is 50.1 Å². The molecule has 0 aliphatic heterocycles. The van der Waals surface area contributed by atoms with Crippen LogP contribution in [0, 0.1) is 5.92 Å². The van der Waals surface area contributed by atoms with Crippen LogP contribution in [-0.4, -0.2) is 28.0 Å². The summed E-state index contributed by atoms with van der Waals surface area (Å²) in [7, 11) is 0. The molecule has 0 saturated heterocycles. The highest BCUT2D eigenvalue weighted by Gasteiger charge is 2.10. The number of aromatic nitrogens is 2. The molecule has 1 aromatic rings. The van der Waals surface area contributed by atoms with Crippen LogP contribution < -0.4 is 5.32 Å². The Bertz CT molecular complexity index is 311. The van der Waals surface area contributed by atoms with E-state index >= 15 is 0 Å². The van der Waals surface area contributed by atoms with E-state index in [1.165, 1.54) is 5.56 Å². The first kappa shape index (κ1) is 14.2. The van der Waals surface area contributed by atoms with Gasteiger partial charge in [0, 0.05) is 31.0 Å². The summed E-state index contributed by atoms with van der Waals surface area (Å²) in [5.74, 6) is 0.559. The second-order valence-corrected chi connectivity index (χ2v) is 4.55. The Morgan fingerprint density at radius 3 is 2.76 bits per heavy atom. The number of aliphatic hydroxyl groups excluding tert-OH is 1. The van der Waals surface area contributed by atoms with Crippen LogP contribution in [0.5, 0.6) is 0 Å². The molecule has 0 aliphatic carbocycles. The van der Waals surface area contributed by atoms with Crippen LogP contribution in [0.2, 0.25) is 0 Å². The summed E-state index contributed by atoms with van der Waals surface area (Å²) in [5.41, 5.74) is 1.23. The van der Waals surface area contributed by atoms with E-state index in [1.54, 1.807) is 0 Å². The van der Waals surface area contributed by atoms with Crippen LogP contribution in [0.3, 0.4) is 0 Å². The fourth-order valence-corrected chi connectivity index (χ4v) is 1.87. The molecule has 0 bridgehead atoms. The zero-order valence-corrected chi connectivity index (χ0v) is 11.2. The normalized spacial score (nSPS) is 14.8. The summed E-state index contributed by atoms with van der Waals surface area (Å²) in [6, 6.07) is 0.322. The maximum Gasteiger partial charge on any atom is 0.0537 e. The Labute approximate surface area is 104 Å². The largest absolute Gasteiger partial charge is 0.396 e. The van der Waals surface area contributed by atoms with Crippen molar-refractivity contribution < 1.29 is 5.11 Å². The van der Waals surface area contributed by atoms with Crippen LogP contribution in [-0.2, 0) is 6.54 Å². The number of nitrogens with zero attached hydrogens (tertiary/aromatic N) is 2. The molecule has 0 spiro atoms. The monoisotopic (exact) mass is 239 g/mol. The molecule has 1 heterocycles. The molecule has 98 valence electrons. The highest BCUT2D eigenvalue weighted by atomic mass is 16.3. The molecule has 1 aromatic heterocycles. The quantitative estimate of drug-likeness (QED) is 0.729. The molecule has 0 saturated carbocycles. The fraction of sp³-hybridized carbons (Fsp3) is 0.769. The van der Waals surface area contributed by atoms with E-state index in [2.05, 4.69) is 37.4 Å². The van der Waals surface area contributed by atoms with Gasteiger partial charge < -0.3 is 10.4 Å². The third kappa shape index (κ3) is 4.48. The lowest BCUT2D eigenvalue weighted by molar-refractivity contribution is 0.249. The average Bonchev–Trinajstić information content (AvgIpc) is 2.82. The number of aliphatic hydroxyl groups is 1. The van der Waals surface area contributed by atoms with Crippen molar-refractivity contribution in [2.24, 2.45) is 5.92 Å². The van der Waals surface area contributed by atoms with Gasteiger partial charge in [0.2, 0.25) is 0 Å². The highest BCUT2D eigenvalue weighted by Crippen LogP contribution is 2.13. The number of nitrogens with one attached hydrogen (secondary N) is 1. The molecule has 2 unspecified atom stereocenters. The zero-order valence-electron chi connectivity index (χ0n) is 11.2. The Balaban J connectivity index is 2.40. The highest BCUT2D eigenvalue weighted by molar-refractivity contribution is 5.09. The molecule has 0 radical (unpaired) electrons. The van der Waals surface area contributed by atoms with Gasteiger partial charge in [-0.2, -0.15) is 5.10 Å². The lowest BCUT2D eigenvalue weighted by Crippen LogP contribution is -2.26. The van der Waals surface area contributed by atoms with Crippen molar-refractivity contribution in [3.8, 4) is 0 Å². The molecular weight excluding hydrogens is 214 g/mol. The van der Waals surface area contributed by atoms with Gasteiger partial charge in [0.05, 0.1) is 6.20 Å². The van der Waals surface area contributed by atoms with Gasteiger partial charge >= 0.3 is 0 Å².